The summed E-state index contributed by atoms with van der Waals surface area (Å²) >= 11 is 0. The van der Waals surface area contributed by atoms with Crippen molar-refractivity contribution in [2.75, 3.05) is 0 Å². The van der Waals surface area contributed by atoms with E-state index in [0.717, 1.165) is 6.07 Å². The molecule has 0 aliphatic rings. The van der Waals surface area contributed by atoms with E-state index in [-0.39, 0.29) is 62.5 Å². The first kappa shape index (κ1) is 14.5. The number of nitriles is 1. The molecular formula is C10H5FKNO2. The molecule has 1 aromatic rings. The third-order valence-corrected chi connectivity index (χ3v) is 1.52. The third kappa shape index (κ3) is 4.69. The van der Waals surface area contributed by atoms with Crippen molar-refractivity contribution in [1.29, 1.82) is 5.26 Å². The van der Waals surface area contributed by atoms with E-state index in [1.54, 1.807) is 6.07 Å². The predicted molar refractivity (Wildman–Crippen MR) is 45.0 cm³/mol. The molecule has 0 amide bonds. The van der Waals surface area contributed by atoms with Gasteiger partial charge in [-0.1, -0.05) is 12.1 Å². The Morgan fingerprint density at radius 1 is 1.53 bits per heavy atom. The monoisotopic (exact) mass is 229 g/mol. The van der Waals surface area contributed by atoms with E-state index in [1.807, 2.05) is 0 Å². The van der Waals surface area contributed by atoms with Gasteiger partial charge in [0.1, 0.15) is 5.82 Å². The summed E-state index contributed by atoms with van der Waals surface area (Å²) < 4.78 is 12.7. The van der Waals surface area contributed by atoms with Crippen molar-refractivity contribution in [1.82, 2.24) is 0 Å². The number of hydrogen-bond acceptors (Lipinski definition) is 3. The van der Waals surface area contributed by atoms with Gasteiger partial charge in [-0.3, -0.25) is 0 Å². The van der Waals surface area contributed by atoms with E-state index in [0.29, 0.717) is 6.08 Å². The number of halogens is 1. The van der Waals surface area contributed by atoms with E-state index in [2.05, 4.69) is 0 Å². The van der Waals surface area contributed by atoms with Gasteiger partial charge in [0, 0.05) is 0 Å². The Bertz CT molecular complexity index is 437. The molecule has 0 saturated heterocycles. The molecule has 5 heteroatoms. The molecule has 0 bridgehead atoms. The van der Waals surface area contributed by atoms with Crippen molar-refractivity contribution in [3.63, 3.8) is 0 Å². The zero-order chi connectivity index (χ0) is 10.6. The van der Waals surface area contributed by atoms with Gasteiger partial charge >= 0.3 is 51.4 Å². The third-order valence-electron chi connectivity index (χ3n) is 1.52. The number of nitrogens with zero attached hydrogens (tertiary/aromatic N) is 1. The van der Waals surface area contributed by atoms with Gasteiger partial charge in [-0.25, -0.2) is 4.39 Å². The number of carbonyl (C=O) groups is 1. The first-order valence-electron chi connectivity index (χ1n) is 3.72. The molecule has 0 N–H and O–H groups in total. The number of rotatable bonds is 2. The Morgan fingerprint density at radius 2 is 2.20 bits per heavy atom. The second-order valence-electron chi connectivity index (χ2n) is 2.50. The van der Waals surface area contributed by atoms with Crippen LogP contribution in [0.3, 0.4) is 0 Å². The number of aliphatic carboxylic acids is 1. The molecule has 0 heterocycles. The van der Waals surface area contributed by atoms with Crippen molar-refractivity contribution in [2.24, 2.45) is 0 Å². The summed E-state index contributed by atoms with van der Waals surface area (Å²) in [5, 5.41) is 18.8. The van der Waals surface area contributed by atoms with Crippen molar-refractivity contribution < 1.29 is 65.7 Å². The van der Waals surface area contributed by atoms with Crippen molar-refractivity contribution in [3.8, 4) is 6.07 Å². The van der Waals surface area contributed by atoms with Crippen LogP contribution >= 0.6 is 0 Å². The maximum absolute atomic E-state index is 12.7. The summed E-state index contributed by atoms with van der Waals surface area (Å²) in [6.07, 6.45) is 0.634. The molecule has 0 saturated carbocycles. The summed E-state index contributed by atoms with van der Waals surface area (Å²) in [6.45, 7) is 0. The molecule has 0 radical (unpaired) electrons. The van der Waals surface area contributed by atoms with Gasteiger partial charge in [0.25, 0.3) is 0 Å². The second kappa shape index (κ2) is 6.88. The largest absolute Gasteiger partial charge is 1.00 e. The molecule has 1 aromatic carbocycles. The minimum atomic E-state index is -1.48. The molecule has 0 atom stereocenters. The molecule has 15 heavy (non-hydrogen) atoms. The molecule has 0 spiro atoms. The minimum Gasteiger partial charge on any atom is -0.545 e. The first-order valence-corrected chi connectivity index (χ1v) is 3.72. The summed E-state index contributed by atoms with van der Waals surface area (Å²) in [5.41, 5.74) is 0.0844. The summed E-state index contributed by atoms with van der Waals surface area (Å²) in [7, 11) is 0. The Balaban J connectivity index is 0.00000196. The molecule has 0 unspecified atom stereocenters. The van der Waals surface area contributed by atoms with Gasteiger partial charge in [-0.2, -0.15) is 5.26 Å². The maximum Gasteiger partial charge on any atom is 1.00 e. The summed E-state index contributed by atoms with van der Waals surface area (Å²) in [4.78, 5) is 10.2. The average molecular weight is 229 g/mol. The van der Waals surface area contributed by atoms with Crippen LogP contribution < -0.4 is 56.5 Å². The average Bonchev–Trinajstić information content (AvgIpc) is 2.14. The zero-order valence-electron chi connectivity index (χ0n) is 8.03. The van der Waals surface area contributed by atoms with Crippen LogP contribution in [0.15, 0.2) is 30.3 Å². The van der Waals surface area contributed by atoms with Gasteiger partial charge in [0.15, 0.2) is 0 Å². The van der Waals surface area contributed by atoms with Crippen LogP contribution in [0.1, 0.15) is 5.56 Å². The van der Waals surface area contributed by atoms with E-state index in [1.165, 1.54) is 18.2 Å². The second-order valence-corrected chi connectivity index (χ2v) is 2.50. The van der Waals surface area contributed by atoms with Crippen LogP contribution in [0.2, 0.25) is 0 Å². The minimum absolute atomic E-state index is 0. The van der Waals surface area contributed by atoms with Crippen LogP contribution in [0, 0.1) is 17.1 Å². The molecule has 0 aliphatic heterocycles. The summed E-state index contributed by atoms with van der Waals surface area (Å²) in [5.74, 6) is -2.01. The Hall–Kier alpha value is -0.514. The van der Waals surface area contributed by atoms with E-state index in [9.17, 15) is 14.3 Å². The van der Waals surface area contributed by atoms with Gasteiger partial charge in [-0.05, 0) is 23.8 Å². The number of benzene rings is 1. The van der Waals surface area contributed by atoms with Gasteiger partial charge < -0.3 is 9.90 Å². The van der Waals surface area contributed by atoms with Crippen LogP contribution in [0.4, 0.5) is 4.39 Å². The van der Waals surface area contributed by atoms with Crippen LogP contribution in [0.5, 0.6) is 0 Å². The SMILES string of the molecule is N#CC(=CC(=O)[O-])c1cccc(F)c1.[K+]. The van der Waals surface area contributed by atoms with Crippen molar-refractivity contribution >= 4 is 11.5 Å². The Morgan fingerprint density at radius 3 is 2.67 bits per heavy atom. The van der Waals surface area contributed by atoms with E-state index < -0.39 is 11.8 Å². The molecule has 1 rings (SSSR count). The van der Waals surface area contributed by atoms with Gasteiger partial charge in [0.2, 0.25) is 0 Å². The number of hydrogen-bond donors (Lipinski definition) is 0. The van der Waals surface area contributed by atoms with E-state index >= 15 is 0 Å². The fourth-order valence-corrected chi connectivity index (χ4v) is 0.954. The van der Waals surface area contributed by atoms with Crippen molar-refractivity contribution in [2.45, 2.75) is 0 Å². The topological polar surface area (TPSA) is 63.9 Å². The van der Waals surface area contributed by atoms with Crippen LogP contribution in [0.25, 0.3) is 5.57 Å². The number of allylic oxidation sites excluding steroid dienone is 1. The predicted octanol–water partition coefficient (Wildman–Crippen LogP) is -2.51. The molecule has 3 nitrogen and oxygen atoms in total. The molecule has 0 aromatic heterocycles. The van der Waals surface area contributed by atoms with E-state index in [4.69, 9.17) is 5.26 Å². The fourth-order valence-electron chi connectivity index (χ4n) is 0.954. The quantitative estimate of drug-likeness (QED) is 0.319. The van der Waals surface area contributed by atoms with Gasteiger partial charge in [0.05, 0.1) is 17.6 Å². The molecule has 0 aliphatic carbocycles. The van der Waals surface area contributed by atoms with Gasteiger partial charge in [-0.15, -0.1) is 0 Å². The number of carbonyl (C=O) groups excluding carboxylic acids is 1. The zero-order valence-corrected chi connectivity index (χ0v) is 11.2. The smallest absolute Gasteiger partial charge is 0.545 e. The molecule has 0 fully saturated rings. The molecule has 70 valence electrons. The first-order chi connectivity index (χ1) is 6.63. The van der Waals surface area contributed by atoms with Crippen LogP contribution in [-0.4, -0.2) is 5.97 Å². The normalized spacial score (nSPS) is 10.0. The van der Waals surface area contributed by atoms with Crippen molar-refractivity contribution in [3.05, 3.63) is 41.7 Å². The summed E-state index contributed by atoms with van der Waals surface area (Å²) in [6, 6.07) is 6.78. The number of carboxylic acids is 1. The fraction of sp³-hybridized carbons (Fsp3) is 0. The standard InChI is InChI=1S/C10H6FNO2.K/c11-9-3-1-2-7(4-9)8(6-12)5-10(13)14;/h1-5H,(H,13,14);/q;+1/p-1. The molecular weight excluding hydrogens is 224 g/mol. The Kier molecular flexibility index (Phi) is 6.64. The number of carboxylic acid groups (broad SMARTS) is 1. The van der Waals surface area contributed by atoms with Crippen LogP contribution in [-0.2, 0) is 4.79 Å². The maximum atomic E-state index is 12.7. The Labute approximate surface area is 129 Å².